The predicted octanol–water partition coefficient (Wildman–Crippen LogP) is 5.74. The Morgan fingerprint density at radius 2 is 1.79 bits per heavy atom. The van der Waals surface area contributed by atoms with E-state index in [-0.39, 0.29) is 17.3 Å². The molecule has 0 radical (unpaired) electrons. The highest BCUT2D eigenvalue weighted by Gasteiger charge is 2.23. The van der Waals surface area contributed by atoms with Gasteiger partial charge in [-0.15, -0.1) is 0 Å². The molecule has 7 nitrogen and oxygen atoms in total. The molecule has 2 N–H and O–H groups in total. The number of unbranched alkanes of at least 4 members (excludes halogenated alkanes) is 1. The Hall–Kier alpha value is -3.19. The van der Waals surface area contributed by atoms with Crippen molar-refractivity contribution >= 4 is 34.6 Å². The van der Waals surface area contributed by atoms with Crippen LogP contribution in [0.1, 0.15) is 30.9 Å². The number of halogens is 1. The number of aromatic nitrogens is 2. The van der Waals surface area contributed by atoms with E-state index in [0.29, 0.717) is 11.6 Å². The number of nitrogens with one attached hydrogen (secondary N) is 2. The maximum absolute atomic E-state index is 11.7. The Morgan fingerprint density at radius 1 is 1.07 bits per heavy atom. The van der Waals surface area contributed by atoms with Crippen LogP contribution in [0.15, 0.2) is 54.9 Å². The van der Waals surface area contributed by atoms with Gasteiger partial charge in [0, 0.05) is 17.3 Å². The molecule has 0 saturated heterocycles. The molecule has 0 aliphatic rings. The van der Waals surface area contributed by atoms with E-state index in [1.165, 1.54) is 11.9 Å². The monoisotopic (exact) mass is 411 g/mol. The summed E-state index contributed by atoms with van der Waals surface area (Å²) < 4.78 is 0. The smallest absolute Gasteiger partial charge is 0.353 e. The third-order valence-corrected chi connectivity index (χ3v) is 4.81. The average Bonchev–Trinajstić information content (AvgIpc) is 2.72. The molecule has 0 saturated carbocycles. The molecule has 2 aromatic carbocycles. The number of nitro groups is 1. The first-order chi connectivity index (χ1) is 14.1. The van der Waals surface area contributed by atoms with Crippen molar-refractivity contribution in [1.29, 1.82) is 0 Å². The topological polar surface area (TPSA) is 93.0 Å². The van der Waals surface area contributed by atoms with Crippen LogP contribution in [0.3, 0.4) is 0 Å². The van der Waals surface area contributed by atoms with Crippen molar-refractivity contribution in [3.63, 3.8) is 0 Å². The highest BCUT2D eigenvalue weighted by Crippen LogP contribution is 2.31. The zero-order valence-electron chi connectivity index (χ0n) is 16.1. The van der Waals surface area contributed by atoms with Crippen LogP contribution in [0, 0.1) is 10.1 Å². The molecule has 0 aliphatic heterocycles. The summed E-state index contributed by atoms with van der Waals surface area (Å²) in [4.78, 5) is 19.3. The summed E-state index contributed by atoms with van der Waals surface area (Å²) in [5.74, 6) is 0.264. The molecule has 150 valence electrons. The summed E-state index contributed by atoms with van der Waals surface area (Å²) in [5, 5.41) is 18.3. The van der Waals surface area contributed by atoms with Crippen LogP contribution in [-0.2, 0) is 13.0 Å². The van der Waals surface area contributed by atoms with Gasteiger partial charge in [-0.25, -0.2) is 9.97 Å². The maximum Gasteiger partial charge on any atom is 0.353 e. The van der Waals surface area contributed by atoms with Gasteiger partial charge in [-0.1, -0.05) is 55.3 Å². The predicted molar refractivity (Wildman–Crippen MR) is 116 cm³/mol. The molecule has 1 heterocycles. The molecular weight excluding hydrogens is 390 g/mol. The molecule has 0 amide bonds. The number of hydrogen-bond acceptors (Lipinski definition) is 6. The number of anilines is 3. The lowest BCUT2D eigenvalue weighted by atomic mass is 10.1. The van der Waals surface area contributed by atoms with Gasteiger partial charge in [-0.3, -0.25) is 10.1 Å². The van der Waals surface area contributed by atoms with Crippen LogP contribution in [0.4, 0.5) is 23.0 Å². The normalized spacial score (nSPS) is 10.6. The Labute approximate surface area is 174 Å². The zero-order chi connectivity index (χ0) is 20.6. The number of nitrogens with zero attached hydrogens (tertiary/aromatic N) is 3. The van der Waals surface area contributed by atoms with Crippen LogP contribution >= 0.6 is 11.6 Å². The second-order valence-electron chi connectivity index (χ2n) is 6.55. The molecule has 3 aromatic rings. The van der Waals surface area contributed by atoms with E-state index in [1.54, 1.807) is 6.07 Å². The molecule has 0 fully saturated rings. The summed E-state index contributed by atoms with van der Waals surface area (Å²) in [7, 11) is 0. The fourth-order valence-electron chi connectivity index (χ4n) is 2.87. The van der Waals surface area contributed by atoms with Gasteiger partial charge in [-0.2, -0.15) is 0 Å². The van der Waals surface area contributed by atoms with E-state index < -0.39 is 4.92 Å². The van der Waals surface area contributed by atoms with E-state index in [2.05, 4.69) is 27.5 Å². The highest BCUT2D eigenvalue weighted by atomic mass is 35.5. The first kappa shape index (κ1) is 20.5. The summed E-state index contributed by atoms with van der Waals surface area (Å²) in [6, 6.07) is 15.1. The fourth-order valence-corrected chi connectivity index (χ4v) is 3.07. The Kier molecular flexibility index (Phi) is 6.97. The van der Waals surface area contributed by atoms with Crippen molar-refractivity contribution in [2.45, 2.75) is 32.7 Å². The van der Waals surface area contributed by atoms with Crippen LogP contribution in [0.2, 0.25) is 5.02 Å². The summed E-state index contributed by atoms with van der Waals surface area (Å²) in [6.07, 6.45) is 4.57. The number of rotatable bonds is 9. The van der Waals surface area contributed by atoms with E-state index in [9.17, 15) is 10.1 Å². The summed E-state index contributed by atoms with van der Waals surface area (Å²) in [5.41, 5.74) is 2.56. The van der Waals surface area contributed by atoms with Gasteiger partial charge in [0.05, 0.1) is 4.92 Å². The third-order valence-electron chi connectivity index (χ3n) is 4.44. The van der Waals surface area contributed by atoms with Gasteiger partial charge in [-0.05, 0) is 42.2 Å². The quantitative estimate of drug-likeness (QED) is 0.344. The molecule has 0 atom stereocenters. The summed E-state index contributed by atoms with van der Waals surface area (Å²) >= 11 is 6.16. The van der Waals surface area contributed by atoms with Crippen molar-refractivity contribution in [2.24, 2.45) is 0 Å². The van der Waals surface area contributed by atoms with E-state index >= 15 is 0 Å². The minimum Gasteiger partial charge on any atom is -0.360 e. The van der Waals surface area contributed by atoms with Gasteiger partial charge in [0.2, 0.25) is 11.6 Å². The van der Waals surface area contributed by atoms with Gasteiger partial charge in [0.15, 0.2) is 0 Å². The molecule has 3 rings (SSSR count). The molecule has 0 bridgehead atoms. The fraction of sp³-hybridized carbons (Fsp3) is 0.238. The molecular formula is C21H22ClN5O2. The first-order valence-corrected chi connectivity index (χ1v) is 9.79. The van der Waals surface area contributed by atoms with Crippen molar-refractivity contribution in [3.05, 3.63) is 81.1 Å². The minimum atomic E-state index is -0.493. The van der Waals surface area contributed by atoms with Crippen molar-refractivity contribution in [1.82, 2.24) is 9.97 Å². The average molecular weight is 412 g/mol. The maximum atomic E-state index is 11.7. The van der Waals surface area contributed by atoms with Crippen molar-refractivity contribution in [2.75, 3.05) is 10.6 Å². The highest BCUT2D eigenvalue weighted by molar-refractivity contribution is 6.31. The third kappa shape index (κ3) is 5.42. The lowest BCUT2D eigenvalue weighted by molar-refractivity contribution is -0.383. The largest absolute Gasteiger partial charge is 0.360 e. The van der Waals surface area contributed by atoms with Crippen LogP contribution in [-0.4, -0.2) is 14.9 Å². The van der Waals surface area contributed by atoms with Crippen LogP contribution < -0.4 is 10.6 Å². The molecule has 29 heavy (non-hydrogen) atoms. The first-order valence-electron chi connectivity index (χ1n) is 9.41. The SMILES string of the molecule is CCCCc1ccc(Nc2ncnc(NCc3ccccc3Cl)c2[N+](=O)[O-])cc1. The van der Waals surface area contributed by atoms with E-state index in [1.807, 2.05) is 42.5 Å². The minimum absolute atomic E-state index is 0.131. The van der Waals surface area contributed by atoms with Crippen molar-refractivity contribution in [3.8, 4) is 0 Å². The molecule has 0 unspecified atom stereocenters. The lowest BCUT2D eigenvalue weighted by Crippen LogP contribution is -2.08. The van der Waals surface area contributed by atoms with Crippen LogP contribution in [0.5, 0.6) is 0 Å². The van der Waals surface area contributed by atoms with Crippen LogP contribution in [0.25, 0.3) is 0 Å². The number of benzene rings is 2. The molecule has 8 heteroatoms. The number of hydrogen-bond donors (Lipinski definition) is 2. The standard InChI is InChI=1S/C21H22ClN5O2/c1-2-3-6-15-9-11-17(12-10-15)26-21-19(27(28)29)20(24-14-25-21)23-13-16-7-4-5-8-18(16)22/h4-5,7-12,14H,2-3,6,13H2,1H3,(H2,23,24,25,26). The Balaban J connectivity index is 1.79. The number of aryl methyl sites for hydroxylation is 1. The van der Waals surface area contributed by atoms with Gasteiger partial charge >= 0.3 is 5.69 Å². The second kappa shape index (κ2) is 9.84. The second-order valence-corrected chi connectivity index (χ2v) is 6.95. The lowest BCUT2D eigenvalue weighted by Gasteiger charge is -2.11. The van der Waals surface area contributed by atoms with Crippen molar-refractivity contribution < 1.29 is 4.92 Å². The van der Waals surface area contributed by atoms with Gasteiger partial charge < -0.3 is 10.6 Å². The zero-order valence-corrected chi connectivity index (χ0v) is 16.8. The Morgan fingerprint density at radius 3 is 2.48 bits per heavy atom. The van der Waals surface area contributed by atoms with Gasteiger partial charge in [0.1, 0.15) is 6.33 Å². The van der Waals surface area contributed by atoms with Gasteiger partial charge in [0.25, 0.3) is 0 Å². The van der Waals surface area contributed by atoms with E-state index in [0.717, 1.165) is 30.5 Å². The summed E-state index contributed by atoms with van der Waals surface area (Å²) in [6.45, 7) is 2.46. The van der Waals surface area contributed by atoms with E-state index in [4.69, 9.17) is 11.6 Å². The molecule has 0 aliphatic carbocycles. The Bertz CT molecular complexity index is 979. The molecule has 1 aromatic heterocycles. The molecule has 0 spiro atoms.